The molecule has 16 heavy (non-hydrogen) atoms. The third-order valence-corrected chi connectivity index (χ3v) is 3.28. The van der Waals surface area contributed by atoms with E-state index in [2.05, 4.69) is 17.1 Å². The van der Waals surface area contributed by atoms with E-state index in [0.29, 0.717) is 5.92 Å². The number of hydrogen-bond acceptors (Lipinski definition) is 4. The Morgan fingerprint density at radius 1 is 1.38 bits per heavy atom. The van der Waals surface area contributed by atoms with Crippen molar-refractivity contribution in [2.75, 3.05) is 13.2 Å². The first-order chi connectivity index (χ1) is 7.90. The van der Waals surface area contributed by atoms with Gasteiger partial charge in [-0.15, -0.1) is 0 Å². The van der Waals surface area contributed by atoms with Gasteiger partial charge in [0.2, 0.25) is 5.89 Å². The van der Waals surface area contributed by atoms with Gasteiger partial charge in [-0.25, -0.2) is 0 Å². The molecule has 1 aromatic rings. The molecule has 0 unspecified atom stereocenters. The molecular weight excluding hydrogens is 204 g/mol. The van der Waals surface area contributed by atoms with Gasteiger partial charge in [-0.05, 0) is 38.0 Å². The summed E-state index contributed by atoms with van der Waals surface area (Å²) < 4.78 is 10.7. The molecule has 0 aromatic carbocycles. The second-order valence-electron chi connectivity index (χ2n) is 4.57. The average molecular weight is 224 g/mol. The van der Waals surface area contributed by atoms with Crippen LogP contribution in [0.25, 0.3) is 0 Å². The Labute approximate surface area is 96.4 Å². The molecule has 0 aliphatic heterocycles. The van der Waals surface area contributed by atoms with Crippen molar-refractivity contribution in [1.82, 2.24) is 10.1 Å². The van der Waals surface area contributed by atoms with E-state index in [9.17, 15) is 0 Å². The quantitative estimate of drug-likeness (QED) is 0.721. The smallest absolute Gasteiger partial charge is 0.229 e. The third-order valence-electron chi connectivity index (χ3n) is 3.28. The SMILES string of the molecule is CCCOCC1CCC(c2ncno2)CC1. The molecular formula is C12H20N2O2. The van der Waals surface area contributed by atoms with E-state index in [0.717, 1.165) is 44.3 Å². The summed E-state index contributed by atoms with van der Waals surface area (Å²) in [6.45, 7) is 3.96. The highest BCUT2D eigenvalue weighted by Crippen LogP contribution is 2.34. The van der Waals surface area contributed by atoms with Crippen LogP contribution in [0.15, 0.2) is 10.9 Å². The molecule has 1 saturated carbocycles. The first-order valence-electron chi connectivity index (χ1n) is 6.24. The van der Waals surface area contributed by atoms with Crippen molar-refractivity contribution in [1.29, 1.82) is 0 Å². The van der Waals surface area contributed by atoms with E-state index in [1.54, 1.807) is 0 Å². The lowest BCUT2D eigenvalue weighted by atomic mass is 9.82. The van der Waals surface area contributed by atoms with Crippen molar-refractivity contribution < 1.29 is 9.26 Å². The minimum atomic E-state index is 0.477. The van der Waals surface area contributed by atoms with Gasteiger partial charge in [-0.3, -0.25) is 0 Å². The highest BCUT2D eigenvalue weighted by Gasteiger charge is 2.25. The van der Waals surface area contributed by atoms with Crippen molar-refractivity contribution in [3.05, 3.63) is 12.2 Å². The van der Waals surface area contributed by atoms with E-state index >= 15 is 0 Å². The first-order valence-corrected chi connectivity index (χ1v) is 6.24. The fourth-order valence-electron chi connectivity index (χ4n) is 2.33. The summed E-state index contributed by atoms with van der Waals surface area (Å²) in [7, 11) is 0. The van der Waals surface area contributed by atoms with Gasteiger partial charge in [0.05, 0.1) is 0 Å². The minimum Gasteiger partial charge on any atom is -0.381 e. The van der Waals surface area contributed by atoms with Crippen LogP contribution in [-0.2, 0) is 4.74 Å². The van der Waals surface area contributed by atoms with Gasteiger partial charge in [0, 0.05) is 19.1 Å². The van der Waals surface area contributed by atoms with Gasteiger partial charge in [-0.2, -0.15) is 4.98 Å². The summed E-state index contributed by atoms with van der Waals surface area (Å²) in [5, 5.41) is 3.67. The van der Waals surface area contributed by atoms with Gasteiger partial charge in [0.25, 0.3) is 0 Å². The molecule has 0 bridgehead atoms. The molecule has 1 heterocycles. The molecule has 0 spiro atoms. The molecule has 4 nitrogen and oxygen atoms in total. The van der Waals surface area contributed by atoms with Crippen molar-refractivity contribution in [2.45, 2.75) is 44.9 Å². The predicted octanol–water partition coefficient (Wildman–Crippen LogP) is 2.77. The fourth-order valence-corrected chi connectivity index (χ4v) is 2.33. The second-order valence-corrected chi connectivity index (χ2v) is 4.57. The van der Waals surface area contributed by atoms with Crippen LogP contribution in [0.3, 0.4) is 0 Å². The fraction of sp³-hybridized carbons (Fsp3) is 0.833. The van der Waals surface area contributed by atoms with Crippen molar-refractivity contribution in [3.8, 4) is 0 Å². The molecule has 2 rings (SSSR count). The monoisotopic (exact) mass is 224 g/mol. The largest absolute Gasteiger partial charge is 0.381 e. The number of aromatic nitrogens is 2. The molecule has 0 amide bonds. The maximum Gasteiger partial charge on any atom is 0.229 e. The molecule has 1 aliphatic carbocycles. The first kappa shape index (κ1) is 11.6. The Balaban J connectivity index is 1.70. The van der Waals surface area contributed by atoms with Crippen molar-refractivity contribution in [2.24, 2.45) is 5.92 Å². The average Bonchev–Trinajstić information content (AvgIpc) is 2.84. The summed E-state index contributed by atoms with van der Waals surface area (Å²) in [5.41, 5.74) is 0. The number of ether oxygens (including phenoxy) is 1. The lowest BCUT2D eigenvalue weighted by molar-refractivity contribution is 0.0813. The van der Waals surface area contributed by atoms with Crippen molar-refractivity contribution >= 4 is 0 Å². The van der Waals surface area contributed by atoms with Crippen LogP contribution < -0.4 is 0 Å². The number of rotatable bonds is 5. The van der Waals surface area contributed by atoms with Gasteiger partial charge in [0.15, 0.2) is 6.33 Å². The lowest BCUT2D eigenvalue weighted by Crippen LogP contribution is -2.18. The Morgan fingerprint density at radius 2 is 2.19 bits per heavy atom. The van der Waals surface area contributed by atoms with E-state index in [-0.39, 0.29) is 0 Å². The van der Waals surface area contributed by atoms with Gasteiger partial charge in [0.1, 0.15) is 0 Å². The zero-order valence-electron chi connectivity index (χ0n) is 9.89. The zero-order chi connectivity index (χ0) is 11.2. The van der Waals surface area contributed by atoms with Crippen LogP contribution in [0.2, 0.25) is 0 Å². The van der Waals surface area contributed by atoms with Gasteiger partial charge in [-0.1, -0.05) is 12.1 Å². The number of nitrogens with zero attached hydrogens (tertiary/aromatic N) is 2. The molecule has 90 valence electrons. The number of hydrogen-bond donors (Lipinski definition) is 0. The third kappa shape index (κ3) is 3.04. The van der Waals surface area contributed by atoms with E-state index in [1.807, 2.05) is 0 Å². The van der Waals surface area contributed by atoms with Gasteiger partial charge < -0.3 is 9.26 Å². The van der Waals surface area contributed by atoms with Gasteiger partial charge >= 0.3 is 0 Å². The molecule has 0 N–H and O–H groups in total. The van der Waals surface area contributed by atoms with E-state index in [4.69, 9.17) is 9.26 Å². The minimum absolute atomic E-state index is 0.477. The second kappa shape index (κ2) is 5.99. The Hall–Kier alpha value is -0.900. The van der Waals surface area contributed by atoms with Crippen LogP contribution in [0.5, 0.6) is 0 Å². The summed E-state index contributed by atoms with van der Waals surface area (Å²) in [4.78, 5) is 4.13. The van der Waals surface area contributed by atoms with Crippen LogP contribution in [0.4, 0.5) is 0 Å². The maximum absolute atomic E-state index is 5.60. The summed E-state index contributed by atoms with van der Waals surface area (Å²) in [5.74, 6) is 2.02. The van der Waals surface area contributed by atoms with Crippen LogP contribution in [-0.4, -0.2) is 23.4 Å². The molecule has 1 fully saturated rings. The maximum atomic E-state index is 5.60. The zero-order valence-corrected chi connectivity index (χ0v) is 9.89. The lowest BCUT2D eigenvalue weighted by Gasteiger charge is -2.26. The topological polar surface area (TPSA) is 48.2 Å². The van der Waals surface area contributed by atoms with Crippen LogP contribution >= 0.6 is 0 Å². The highest BCUT2D eigenvalue weighted by atomic mass is 16.5. The van der Waals surface area contributed by atoms with Crippen LogP contribution in [0.1, 0.15) is 50.8 Å². The highest BCUT2D eigenvalue weighted by molar-refractivity contribution is 4.92. The molecule has 1 aliphatic rings. The van der Waals surface area contributed by atoms with Crippen LogP contribution in [0, 0.1) is 5.92 Å². The van der Waals surface area contributed by atoms with E-state index < -0.39 is 0 Å². The Kier molecular flexibility index (Phi) is 4.34. The molecule has 0 radical (unpaired) electrons. The molecule has 1 aromatic heterocycles. The molecule has 0 saturated heterocycles. The normalized spacial score (nSPS) is 25.8. The van der Waals surface area contributed by atoms with Crippen molar-refractivity contribution in [3.63, 3.8) is 0 Å². The standard InChI is InChI=1S/C12H20N2O2/c1-2-7-15-8-10-3-5-11(6-4-10)12-13-9-14-16-12/h9-11H,2-8H2,1H3. The summed E-state index contributed by atoms with van der Waals surface area (Å²) in [6, 6.07) is 0. The predicted molar refractivity (Wildman–Crippen MR) is 60.1 cm³/mol. The Morgan fingerprint density at radius 3 is 2.81 bits per heavy atom. The van der Waals surface area contributed by atoms with E-state index in [1.165, 1.54) is 19.2 Å². The summed E-state index contributed by atoms with van der Waals surface area (Å²) in [6.07, 6.45) is 7.35. The molecule has 4 heteroatoms. The molecule has 0 atom stereocenters. The Bertz CT molecular complexity index is 279. The summed E-state index contributed by atoms with van der Waals surface area (Å²) >= 11 is 0.